The Balaban J connectivity index is 1.73. The molecule has 29 heavy (non-hydrogen) atoms. The first kappa shape index (κ1) is 20.9. The minimum Gasteiger partial charge on any atom is -0.479 e. The molecule has 1 aliphatic heterocycles. The average molecular weight is 421 g/mol. The standard InChI is InChI=1S/C19H23N3O6S/c1-11-7-15-16(28-13(3)19(24)21-15)8-17(11)29(25,26)22(4)10-18(23)20-9-14-6-5-12(2)27-14/h5-8,13H,9-10H2,1-4H3,(H,20,23)(H,21,24)/t13-/m0/s1. The van der Waals surface area contributed by atoms with Crippen molar-refractivity contribution in [3.8, 4) is 5.75 Å². The minimum absolute atomic E-state index is 0.0107. The van der Waals surface area contributed by atoms with Gasteiger partial charge in [-0.05, 0) is 44.5 Å². The van der Waals surface area contributed by atoms with Crippen molar-refractivity contribution in [3.63, 3.8) is 0 Å². The maximum Gasteiger partial charge on any atom is 0.265 e. The van der Waals surface area contributed by atoms with Crippen LogP contribution in [0, 0.1) is 13.8 Å². The molecule has 2 aromatic rings. The Labute approximate surface area is 169 Å². The highest BCUT2D eigenvalue weighted by atomic mass is 32.2. The van der Waals surface area contributed by atoms with Crippen molar-refractivity contribution in [2.45, 2.75) is 38.3 Å². The normalized spacial score (nSPS) is 16.2. The number of likely N-dealkylation sites (N-methyl/N-ethyl adjacent to an activating group) is 1. The molecule has 9 nitrogen and oxygen atoms in total. The number of carbonyl (C=O) groups is 2. The van der Waals surface area contributed by atoms with Crippen LogP contribution in [0.15, 0.2) is 33.6 Å². The molecule has 2 amide bonds. The number of aryl methyl sites for hydroxylation is 2. The van der Waals surface area contributed by atoms with Gasteiger partial charge >= 0.3 is 0 Å². The zero-order valence-corrected chi connectivity index (χ0v) is 17.4. The fourth-order valence-corrected chi connectivity index (χ4v) is 4.24. The molecule has 1 aromatic heterocycles. The molecule has 0 bridgehead atoms. The van der Waals surface area contributed by atoms with Gasteiger partial charge in [-0.2, -0.15) is 4.31 Å². The molecular formula is C19H23N3O6S. The Hall–Kier alpha value is -2.85. The summed E-state index contributed by atoms with van der Waals surface area (Å²) in [5.74, 6) is 0.822. The quantitative estimate of drug-likeness (QED) is 0.731. The highest BCUT2D eigenvalue weighted by Gasteiger charge is 2.30. The van der Waals surface area contributed by atoms with Gasteiger partial charge in [0.1, 0.15) is 17.3 Å². The fourth-order valence-electron chi connectivity index (χ4n) is 2.90. The van der Waals surface area contributed by atoms with Crippen LogP contribution in [0.3, 0.4) is 0 Å². The maximum atomic E-state index is 13.0. The molecule has 1 aromatic carbocycles. The Morgan fingerprint density at radius 1 is 1.28 bits per heavy atom. The van der Waals surface area contributed by atoms with Gasteiger partial charge in [0.05, 0.1) is 23.7 Å². The van der Waals surface area contributed by atoms with Crippen molar-refractivity contribution in [2.75, 3.05) is 18.9 Å². The van der Waals surface area contributed by atoms with Crippen molar-refractivity contribution in [2.24, 2.45) is 0 Å². The molecule has 2 N–H and O–H groups in total. The lowest BCUT2D eigenvalue weighted by Crippen LogP contribution is -2.38. The zero-order valence-electron chi connectivity index (χ0n) is 16.6. The first-order valence-corrected chi connectivity index (χ1v) is 10.4. The number of hydrogen-bond acceptors (Lipinski definition) is 6. The average Bonchev–Trinajstić information content (AvgIpc) is 3.06. The minimum atomic E-state index is -3.95. The summed E-state index contributed by atoms with van der Waals surface area (Å²) in [6.07, 6.45) is -0.727. The number of anilines is 1. The number of nitrogens with one attached hydrogen (secondary N) is 2. The molecule has 0 radical (unpaired) electrons. The second-order valence-electron chi connectivity index (χ2n) is 6.91. The van der Waals surface area contributed by atoms with E-state index in [9.17, 15) is 18.0 Å². The maximum absolute atomic E-state index is 13.0. The van der Waals surface area contributed by atoms with Gasteiger partial charge in [-0.3, -0.25) is 9.59 Å². The van der Waals surface area contributed by atoms with Crippen molar-refractivity contribution in [3.05, 3.63) is 41.3 Å². The van der Waals surface area contributed by atoms with Crippen LogP contribution in [-0.2, 0) is 26.2 Å². The van der Waals surface area contributed by atoms with Gasteiger partial charge in [-0.25, -0.2) is 8.42 Å². The van der Waals surface area contributed by atoms with E-state index in [1.54, 1.807) is 39.0 Å². The summed E-state index contributed by atoms with van der Waals surface area (Å²) in [5, 5.41) is 5.31. The monoisotopic (exact) mass is 421 g/mol. The van der Waals surface area contributed by atoms with Gasteiger partial charge < -0.3 is 19.8 Å². The van der Waals surface area contributed by atoms with Gasteiger partial charge in [-0.15, -0.1) is 0 Å². The lowest BCUT2D eigenvalue weighted by molar-refractivity contribution is -0.123. The van der Waals surface area contributed by atoms with Gasteiger partial charge in [0.2, 0.25) is 15.9 Å². The van der Waals surface area contributed by atoms with Gasteiger partial charge in [0, 0.05) is 13.1 Å². The summed E-state index contributed by atoms with van der Waals surface area (Å²) < 4.78 is 37.8. The molecule has 2 heterocycles. The Morgan fingerprint density at radius 2 is 2.00 bits per heavy atom. The smallest absolute Gasteiger partial charge is 0.265 e. The predicted molar refractivity (Wildman–Crippen MR) is 105 cm³/mol. The van der Waals surface area contributed by atoms with Crippen molar-refractivity contribution in [1.29, 1.82) is 0 Å². The lowest BCUT2D eigenvalue weighted by atomic mass is 10.1. The summed E-state index contributed by atoms with van der Waals surface area (Å²) in [7, 11) is -2.62. The largest absolute Gasteiger partial charge is 0.479 e. The number of amides is 2. The van der Waals surface area contributed by atoms with Crippen LogP contribution in [0.25, 0.3) is 0 Å². The van der Waals surface area contributed by atoms with E-state index < -0.39 is 22.0 Å². The molecule has 0 saturated heterocycles. The first-order chi connectivity index (χ1) is 13.6. The van der Waals surface area contributed by atoms with Gasteiger partial charge in [-0.1, -0.05) is 0 Å². The summed E-state index contributed by atoms with van der Waals surface area (Å²) >= 11 is 0. The van der Waals surface area contributed by atoms with Crippen molar-refractivity contribution < 1.29 is 27.2 Å². The highest BCUT2D eigenvalue weighted by Crippen LogP contribution is 2.35. The van der Waals surface area contributed by atoms with E-state index in [2.05, 4.69) is 10.6 Å². The SMILES string of the molecule is Cc1ccc(CNC(=O)CN(C)S(=O)(=O)c2cc3c(cc2C)NC(=O)[C@H](C)O3)o1. The van der Waals surface area contributed by atoms with Crippen LogP contribution in [0.1, 0.15) is 24.0 Å². The predicted octanol–water partition coefficient (Wildman–Crippen LogP) is 1.55. The number of sulfonamides is 1. The topological polar surface area (TPSA) is 118 Å². The number of fused-ring (bicyclic) bond motifs is 1. The van der Waals surface area contributed by atoms with E-state index in [-0.39, 0.29) is 29.6 Å². The van der Waals surface area contributed by atoms with E-state index in [0.29, 0.717) is 17.0 Å². The second-order valence-corrected chi connectivity index (χ2v) is 8.93. The molecule has 0 aliphatic carbocycles. The van der Waals surface area contributed by atoms with Crippen LogP contribution < -0.4 is 15.4 Å². The molecule has 1 aliphatic rings. The number of nitrogens with zero attached hydrogens (tertiary/aromatic N) is 1. The van der Waals surface area contributed by atoms with Crippen LogP contribution in [0.4, 0.5) is 5.69 Å². The third-order valence-corrected chi connectivity index (χ3v) is 6.46. The lowest BCUT2D eigenvalue weighted by Gasteiger charge is -2.25. The van der Waals surface area contributed by atoms with E-state index in [1.165, 1.54) is 13.1 Å². The van der Waals surface area contributed by atoms with Crippen LogP contribution in [0.2, 0.25) is 0 Å². The fraction of sp³-hybridized carbons (Fsp3) is 0.368. The number of carbonyl (C=O) groups excluding carboxylic acids is 2. The summed E-state index contributed by atoms with van der Waals surface area (Å²) in [5.41, 5.74) is 0.846. The van der Waals surface area contributed by atoms with E-state index in [0.717, 1.165) is 10.1 Å². The number of rotatable bonds is 6. The molecule has 156 valence electrons. The Bertz CT molecular complexity index is 1060. The number of hydrogen-bond donors (Lipinski definition) is 2. The van der Waals surface area contributed by atoms with Crippen molar-refractivity contribution >= 4 is 27.5 Å². The highest BCUT2D eigenvalue weighted by molar-refractivity contribution is 7.89. The first-order valence-electron chi connectivity index (χ1n) is 8.98. The van der Waals surface area contributed by atoms with Gasteiger partial charge in [0.15, 0.2) is 6.10 Å². The Kier molecular flexibility index (Phi) is 5.67. The van der Waals surface area contributed by atoms with Crippen molar-refractivity contribution in [1.82, 2.24) is 9.62 Å². The van der Waals surface area contributed by atoms with Crippen LogP contribution in [0.5, 0.6) is 5.75 Å². The summed E-state index contributed by atoms with van der Waals surface area (Å²) in [6.45, 7) is 4.80. The van der Waals surface area contributed by atoms with Crippen LogP contribution >= 0.6 is 0 Å². The zero-order chi connectivity index (χ0) is 21.3. The number of furan rings is 1. The molecule has 0 fully saturated rings. The molecule has 1 atom stereocenters. The van der Waals surface area contributed by atoms with E-state index in [1.807, 2.05) is 0 Å². The molecular weight excluding hydrogens is 398 g/mol. The van der Waals surface area contributed by atoms with E-state index in [4.69, 9.17) is 9.15 Å². The van der Waals surface area contributed by atoms with Gasteiger partial charge in [0.25, 0.3) is 5.91 Å². The molecule has 0 spiro atoms. The summed E-state index contributed by atoms with van der Waals surface area (Å²) in [4.78, 5) is 23.9. The summed E-state index contributed by atoms with van der Waals surface area (Å²) in [6, 6.07) is 6.43. The molecule has 3 rings (SSSR count). The second kappa shape index (κ2) is 7.88. The van der Waals surface area contributed by atoms with E-state index >= 15 is 0 Å². The molecule has 0 saturated carbocycles. The number of benzene rings is 1. The molecule has 0 unspecified atom stereocenters. The van der Waals surface area contributed by atoms with Crippen LogP contribution in [-0.4, -0.2) is 44.2 Å². The number of ether oxygens (including phenoxy) is 1. The third-order valence-electron chi connectivity index (χ3n) is 4.52. The Morgan fingerprint density at radius 3 is 2.66 bits per heavy atom. The third kappa shape index (κ3) is 4.43. The molecule has 10 heteroatoms.